The SMILES string of the molecule is CC(S)C(=O)OCc1ccc(Cl)cc1. The van der Waals surface area contributed by atoms with Gasteiger partial charge >= 0.3 is 5.97 Å². The van der Waals surface area contributed by atoms with Gasteiger partial charge in [-0.25, -0.2) is 0 Å². The summed E-state index contributed by atoms with van der Waals surface area (Å²) in [5.74, 6) is -0.316. The fourth-order valence-electron chi connectivity index (χ4n) is 0.856. The first-order chi connectivity index (χ1) is 6.59. The van der Waals surface area contributed by atoms with Crippen LogP contribution in [0.1, 0.15) is 12.5 Å². The summed E-state index contributed by atoms with van der Waals surface area (Å²) in [6.45, 7) is 1.94. The number of thiol groups is 1. The summed E-state index contributed by atoms with van der Waals surface area (Å²) < 4.78 is 4.97. The summed E-state index contributed by atoms with van der Waals surface area (Å²) in [5, 5.41) is 0.282. The molecule has 1 aromatic rings. The molecule has 0 saturated carbocycles. The molecule has 0 saturated heterocycles. The van der Waals surface area contributed by atoms with Crippen molar-refractivity contribution in [1.82, 2.24) is 0 Å². The van der Waals surface area contributed by atoms with Crippen LogP contribution in [0.5, 0.6) is 0 Å². The van der Waals surface area contributed by atoms with Crippen LogP contribution in [0.25, 0.3) is 0 Å². The molecule has 1 rings (SSSR count). The Kier molecular flexibility index (Phi) is 4.29. The lowest BCUT2D eigenvalue weighted by Crippen LogP contribution is -2.14. The summed E-state index contributed by atoms with van der Waals surface area (Å²) in [6.07, 6.45) is 0. The smallest absolute Gasteiger partial charge is 0.318 e. The van der Waals surface area contributed by atoms with Crippen LogP contribution in [-0.4, -0.2) is 11.2 Å². The van der Waals surface area contributed by atoms with Gasteiger partial charge in [-0.05, 0) is 24.6 Å². The molecule has 2 nitrogen and oxygen atoms in total. The normalized spacial score (nSPS) is 12.2. The number of carbonyl (C=O) groups is 1. The highest BCUT2D eigenvalue weighted by Gasteiger charge is 2.08. The van der Waals surface area contributed by atoms with Crippen LogP contribution >= 0.6 is 24.2 Å². The summed E-state index contributed by atoms with van der Waals surface area (Å²) in [6, 6.07) is 7.15. The number of carbonyl (C=O) groups excluding carboxylic acids is 1. The van der Waals surface area contributed by atoms with E-state index in [-0.39, 0.29) is 17.8 Å². The molecule has 0 aliphatic rings. The number of rotatable bonds is 3. The highest BCUT2D eigenvalue weighted by Crippen LogP contribution is 2.10. The summed E-state index contributed by atoms with van der Waals surface area (Å²) in [4.78, 5) is 11.1. The monoisotopic (exact) mass is 230 g/mol. The Morgan fingerprint density at radius 2 is 2.07 bits per heavy atom. The molecule has 0 bridgehead atoms. The summed E-state index contributed by atoms with van der Waals surface area (Å²) >= 11 is 9.66. The van der Waals surface area contributed by atoms with Gasteiger partial charge in [-0.1, -0.05) is 23.7 Å². The highest BCUT2D eigenvalue weighted by atomic mass is 35.5. The fraction of sp³-hybridized carbons (Fsp3) is 0.300. The summed E-state index contributed by atoms with van der Waals surface area (Å²) in [7, 11) is 0. The predicted molar refractivity (Wildman–Crippen MR) is 59.7 cm³/mol. The third kappa shape index (κ3) is 3.60. The Labute approximate surface area is 93.6 Å². The zero-order valence-corrected chi connectivity index (χ0v) is 9.39. The van der Waals surface area contributed by atoms with Gasteiger partial charge in [-0.15, -0.1) is 0 Å². The molecule has 1 atom stereocenters. The van der Waals surface area contributed by atoms with Gasteiger partial charge in [0, 0.05) is 5.02 Å². The van der Waals surface area contributed by atoms with Gasteiger partial charge in [0.2, 0.25) is 0 Å². The summed E-state index contributed by atoms with van der Waals surface area (Å²) in [5.41, 5.74) is 0.914. The largest absolute Gasteiger partial charge is 0.460 e. The third-order valence-corrected chi connectivity index (χ3v) is 2.10. The van der Waals surface area contributed by atoms with E-state index in [0.29, 0.717) is 5.02 Å². The second kappa shape index (κ2) is 5.27. The molecule has 0 aromatic heterocycles. The molecule has 0 aliphatic carbocycles. The van der Waals surface area contributed by atoms with Crippen molar-refractivity contribution in [3.8, 4) is 0 Å². The molecule has 76 valence electrons. The quantitative estimate of drug-likeness (QED) is 0.638. The maximum absolute atomic E-state index is 11.1. The Balaban J connectivity index is 2.46. The Morgan fingerprint density at radius 3 is 2.57 bits per heavy atom. The zero-order chi connectivity index (χ0) is 10.6. The van der Waals surface area contributed by atoms with E-state index in [0.717, 1.165) is 5.56 Å². The van der Waals surface area contributed by atoms with Gasteiger partial charge in [-0.3, -0.25) is 4.79 Å². The average Bonchev–Trinajstić information content (AvgIpc) is 2.16. The number of halogens is 1. The van der Waals surface area contributed by atoms with Crippen molar-refractivity contribution in [2.45, 2.75) is 18.8 Å². The number of esters is 1. The molecule has 0 heterocycles. The van der Waals surface area contributed by atoms with E-state index < -0.39 is 0 Å². The van der Waals surface area contributed by atoms with Crippen molar-refractivity contribution < 1.29 is 9.53 Å². The molecule has 1 unspecified atom stereocenters. The molecule has 1 aromatic carbocycles. The number of ether oxygens (including phenoxy) is 1. The van der Waals surface area contributed by atoms with Crippen molar-refractivity contribution in [3.63, 3.8) is 0 Å². The first-order valence-electron chi connectivity index (χ1n) is 4.19. The second-order valence-corrected chi connectivity index (χ2v) is 4.12. The minimum Gasteiger partial charge on any atom is -0.460 e. The van der Waals surface area contributed by atoms with E-state index in [1.54, 1.807) is 19.1 Å². The predicted octanol–water partition coefficient (Wildman–Crippen LogP) is 2.70. The molecule has 4 heteroatoms. The standard InChI is InChI=1S/C10H11ClO2S/c1-7(14)10(12)13-6-8-2-4-9(11)5-3-8/h2-5,7,14H,6H2,1H3. The molecule has 0 fully saturated rings. The molecular weight excluding hydrogens is 220 g/mol. The minimum absolute atomic E-state index is 0.265. The van der Waals surface area contributed by atoms with E-state index in [2.05, 4.69) is 12.6 Å². The molecule has 0 amide bonds. The second-order valence-electron chi connectivity index (χ2n) is 2.91. The number of benzene rings is 1. The molecule has 0 aliphatic heterocycles. The lowest BCUT2D eigenvalue weighted by atomic mass is 10.2. The van der Waals surface area contributed by atoms with Crippen LogP contribution in [0.4, 0.5) is 0 Å². The molecule has 0 spiro atoms. The number of hydrogen-bond acceptors (Lipinski definition) is 3. The van der Waals surface area contributed by atoms with Crippen LogP contribution in [0.3, 0.4) is 0 Å². The molecule has 14 heavy (non-hydrogen) atoms. The van der Waals surface area contributed by atoms with Crippen LogP contribution in [0.15, 0.2) is 24.3 Å². The van der Waals surface area contributed by atoms with E-state index in [9.17, 15) is 4.79 Å². The van der Waals surface area contributed by atoms with Gasteiger partial charge in [-0.2, -0.15) is 12.6 Å². The van der Waals surface area contributed by atoms with Gasteiger partial charge in [0.25, 0.3) is 0 Å². The maximum atomic E-state index is 11.1. The molecule has 0 N–H and O–H groups in total. The lowest BCUT2D eigenvalue weighted by molar-refractivity contribution is -0.143. The molecular formula is C10H11ClO2S. The van der Waals surface area contributed by atoms with Crippen molar-refractivity contribution >= 4 is 30.2 Å². The van der Waals surface area contributed by atoms with E-state index >= 15 is 0 Å². The minimum atomic E-state index is -0.387. The first kappa shape index (κ1) is 11.4. The van der Waals surface area contributed by atoms with Gasteiger partial charge in [0.15, 0.2) is 0 Å². The van der Waals surface area contributed by atoms with Crippen molar-refractivity contribution in [2.24, 2.45) is 0 Å². The first-order valence-corrected chi connectivity index (χ1v) is 5.08. The van der Waals surface area contributed by atoms with Crippen LogP contribution in [0, 0.1) is 0 Å². The van der Waals surface area contributed by atoms with E-state index in [1.807, 2.05) is 12.1 Å². The number of hydrogen-bond donors (Lipinski definition) is 1. The Hall–Kier alpha value is -0.670. The highest BCUT2D eigenvalue weighted by molar-refractivity contribution is 7.81. The van der Waals surface area contributed by atoms with Crippen LogP contribution in [-0.2, 0) is 16.1 Å². The van der Waals surface area contributed by atoms with Crippen LogP contribution in [0.2, 0.25) is 5.02 Å². The van der Waals surface area contributed by atoms with Crippen molar-refractivity contribution in [1.29, 1.82) is 0 Å². The van der Waals surface area contributed by atoms with E-state index in [1.165, 1.54) is 0 Å². The van der Waals surface area contributed by atoms with E-state index in [4.69, 9.17) is 16.3 Å². The van der Waals surface area contributed by atoms with Gasteiger partial charge in [0.05, 0.1) is 5.25 Å². The van der Waals surface area contributed by atoms with Gasteiger partial charge < -0.3 is 4.74 Å². The average molecular weight is 231 g/mol. The Morgan fingerprint density at radius 1 is 1.50 bits per heavy atom. The fourth-order valence-corrected chi connectivity index (χ4v) is 1.06. The van der Waals surface area contributed by atoms with Gasteiger partial charge in [0.1, 0.15) is 6.61 Å². The van der Waals surface area contributed by atoms with Crippen molar-refractivity contribution in [2.75, 3.05) is 0 Å². The Bertz CT molecular complexity index is 308. The van der Waals surface area contributed by atoms with Crippen molar-refractivity contribution in [3.05, 3.63) is 34.9 Å². The maximum Gasteiger partial charge on any atom is 0.318 e. The zero-order valence-electron chi connectivity index (χ0n) is 7.74. The lowest BCUT2D eigenvalue weighted by Gasteiger charge is -2.06. The van der Waals surface area contributed by atoms with Crippen LogP contribution < -0.4 is 0 Å². The third-order valence-electron chi connectivity index (χ3n) is 1.64. The molecule has 0 radical (unpaired) electrons. The topological polar surface area (TPSA) is 26.3 Å².